The van der Waals surface area contributed by atoms with Crippen LogP contribution in [0.15, 0.2) is 54.7 Å². The molecule has 0 radical (unpaired) electrons. The van der Waals surface area contributed by atoms with Gasteiger partial charge in [-0.05, 0) is 43.3 Å². The van der Waals surface area contributed by atoms with Crippen LogP contribution < -0.4 is 4.74 Å². The van der Waals surface area contributed by atoms with Crippen LogP contribution in [0.2, 0.25) is 0 Å². The monoisotopic (exact) mass is 360 g/mol. The van der Waals surface area contributed by atoms with E-state index >= 15 is 0 Å². The van der Waals surface area contributed by atoms with Crippen molar-refractivity contribution >= 4 is 0 Å². The van der Waals surface area contributed by atoms with Crippen molar-refractivity contribution in [1.82, 2.24) is 9.97 Å². The first-order valence-corrected chi connectivity index (χ1v) is 7.76. The molecule has 3 rings (SSSR count). The van der Waals surface area contributed by atoms with E-state index in [1.54, 1.807) is 12.3 Å². The molecule has 0 aliphatic heterocycles. The standard InChI is InChI=1S/C19H15F3N2O2/c1-12-2-8-16(18(11-25)24-12)14-5-9-17(23-10-14)13-3-6-15(7-4-13)26-19(20,21)22/h2-10,25H,11H2,1H3. The van der Waals surface area contributed by atoms with Gasteiger partial charge in [0.1, 0.15) is 5.75 Å². The molecule has 3 aromatic rings. The van der Waals surface area contributed by atoms with Gasteiger partial charge in [-0.15, -0.1) is 13.2 Å². The molecule has 0 saturated carbocycles. The summed E-state index contributed by atoms with van der Waals surface area (Å²) in [6.45, 7) is 1.66. The highest BCUT2D eigenvalue weighted by Crippen LogP contribution is 2.28. The highest BCUT2D eigenvalue weighted by atomic mass is 19.4. The number of nitrogens with zero attached hydrogens (tertiary/aromatic N) is 2. The second-order valence-electron chi connectivity index (χ2n) is 5.61. The number of aryl methyl sites for hydroxylation is 1. The average Bonchev–Trinajstić information content (AvgIpc) is 2.61. The van der Waals surface area contributed by atoms with E-state index in [0.29, 0.717) is 17.0 Å². The summed E-state index contributed by atoms with van der Waals surface area (Å²) in [5.41, 5.74) is 4.22. The predicted molar refractivity (Wildman–Crippen MR) is 90.2 cm³/mol. The third-order valence-corrected chi connectivity index (χ3v) is 3.72. The van der Waals surface area contributed by atoms with Gasteiger partial charge in [0.15, 0.2) is 0 Å². The summed E-state index contributed by atoms with van der Waals surface area (Å²) in [4.78, 5) is 8.66. The third kappa shape index (κ3) is 4.18. The summed E-state index contributed by atoms with van der Waals surface area (Å²) in [6, 6.07) is 12.8. The van der Waals surface area contributed by atoms with Crippen molar-refractivity contribution in [2.45, 2.75) is 19.9 Å². The maximum Gasteiger partial charge on any atom is 0.573 e. The molecular weight excluding hydrogens is 345 g/mol. The van der Waals surface area contributed by atoms with Crippen LogP contribution in [0.4, 0.5) is 13.2 Å². The molecule has 0 amide bonds. The fourth-order valence-electron chi connectivity index (χ4n) is 2.55. The minimum Gasteiger partial charge on any atom is -0.406 e. The van der Waals surface area contributed by atoms with Crippen LogP contribution in [0.25, 0.3) is 22.4 Å². The van der Waals surface area contributed by atoms with Crippen molar-refractivity contribution in [3.05, 3.63) is 66.1 Å². The average molecular weight is 360 g/mol. The van der Waals surface area contributed by atoms with E-state index < -0.39 is 6.36 Å². The topological polar surface area (TPSA) is 55.2 Å². The van der Waals surface area contributed by atoms with Crippen molar-refractivity contribution in [2.75, 3.05) is 0 Å². The van der Waals surface area contributed by atoms with Crippen LogP contribution in [0.3, 0.4) is 0 Å². The first-order chi connectivity index (χ1) is 12.4. The fraction of sp³-hybridized carbons (Fsp3) is 0.158. The summed E-state index contributed by atoms with van der Waals surface area (Å²) in [7, 11) is 0. The maximum absolute atomic E-state index is 12.2. The van der Waals surface area contributed by atoms with Crippen molar-refractivity contribution < 1.29 is 23.0 Å². The number of alkyl halides is 3. The van der Waals surface area contributed by atoms with Gasteiger partial charge in [-0.25, -0.2) is 0 Å². The molecule has 0 fully saturated rings. The van der Waals surface area contributed by atoms with Crippen LogP contribution in [-0.2, 0) is 6.61 Å². The lowest BCUT2D eigenvalue weighted by Gasteiger charge is -2.10. The Morgan fingerprint density at radius 1 is 0.962 bits per heavy atom. The van der Waals surface area contributed by atoms with Gasteiger partial charge in [0, 0.05) is 28.6 Å². The van der Waals surface area contributed by atoms with Gasteiger partial charge in [-0.2, -0.15) is 0 Å². The summed E-state index contributed by atoms with van der Waals surface area (Å²) in [5.74, 6) is -0.281. The molecule has 1 N–H and O–H groups in total. The van der Waals surface area contributed by atoms with E-state index in [1.165, 1.54) is 24.3 Å². The van der Waals surface area contributed by atoms with Gasteiger partial charge >= 0.3 is 6.36 Å². The summed E-state index contributed by atoms with van der Waals surface area (Å²) in [6.07, 6.45) is -3.07. The van der Waals surface area contributed by atoms with E-state index in [2.05, 4.69) is 14.7 Å². The lowest BCUT2D eigenvalue weighted by molar-refractivity contribution is -0.274. The Morgan fingerprint density at radius 3 is 2.23 bits per heavy atom. The molecule has 2 heterocycles. The van der Waals surface area contributed by atoms with E-state index in [4.69, 9.17) is 0 Å². The summed E-state index contributed by atoms with van der Waals surface area (Å²) in [5, 5.41) is 9.47. The number of aromatic nitrogens is 2. The maximum atomic E-state index is 12.2. The molecule has 0 aliphatic carbocycles. The Labute approximate surface area is 147 Å². The number of hydrogen-bond acceptors (Lipinski definition) is 4. The summed E-state index contributed by atoms with van der Waals surface area (Å²) >= 11 is 0. The van der Waals surface area contributed by atoms with Crippen molar-refractivity contribution in [2.24, 2.45) is 0 Å². The van der Waals surface area contributed by atoms with Gasteiger partial charge in [-0.3, -0.25) is 9.97 Å². The lowest BCUT2D eigenvalue weighted by Crippen LogP contribution is -2.16. The number of rotatable bonds is 4. The van der Waals surface area contributed by atoms with E-state index in [0.717, 1.165) is 16.8 Å². The molecule has 2 aromatic heterocycles. The number of benzene rings is 1. The molecule has 0 atom stereocenters. The molecule has 0 bridgehead atoms. The highest BCUT2D eigenvalue weighted by molar-refractivity contribution is 5.68. The second kappa shape index (κ2) is 7.13. The van der Waals surface area contributed by atoms with Crippen LogP contribution in [0.5, 0.6) is 5.75 Å². The van der Waals surface area contributed by atoms with Crippen LogP contribution in [0.1, 0.15) is 11.4 Å². The first-order valence-electron chi connectivity index (χ1n) is 7.76. The van der Waals surface area contributed by atoms with Gasteiger partial charge in [-0.1, -0.05) is 12.1 Å². The van der Waals surface area contributed by atoms with Crippen LogP contribution in [-0.4, -0.2) is 21.4 Å². The quantitative estimate of drug-likeness (QED) is 0.744. The predicted octanol–water partition coefficient (Wildman–Crippen LogP) is 4.51. The SMILES string of the molecule is Cc1ccc(-c2ccc(-c3ccc(OC(F)(F)F)cc3)nc2)c(CO)n1. The van der Waals surface area contributed by atoms with E-state index in [9.17, 15) is 18.3 Å². The van der Waals surface area contributed by atoms with Crippen LogP contribution >= 0.6 is 0 Å². The van der Waals surface area contributed by atoms with E-state index in [-0.39, 0.29) is 12.4 Å². The minimum atomic E-state index is -4.71. The van der Waals surface area contributed by atoms with Crippen molar-refractivity contribution in [1.29, 1.82) is 0 Å². The second-order valence-corrected chi connectivity index (χ2v) is 5.61. The number of hydrogen-bond donors (Lipinski definition) is 1. The molecule has 0 aliphatic rings. The molecule has 26 heavy (non-hydrogen) atoms. The fourth-order valence-corrected chi connectivity index (χ4v) is 2.55. The molecule has 7 heteroatoms. The largest absolute Gasteiger partial charge is 0.573 e. The zero-order chi connectivity index (χ0) is 18.7. The zero-order valence-corrected chi connectivity index (χ0v) is 13.8. The number of pyridine rings is 2. The van der Waals surface area contributed by atoms with Gasteiger partial charge in [0.25, 0.3) is 0 Å². The van der Waals surface area contributed by atoms with Crippen LogP contribution in [0, 0.1) is 6.92 Å². The zero-order valence-electron chi connectivity index (χ0n) is 13.8. The molecule has 1 aromatic carbocycles. The summed E-state index contributed by atoms with van der Waals surface area (Å²) < 4.78 is 40.5. The molecular formula is C19H15F3N2O2. The molecule has 0 saturated heterocycles. The van der Waals surface area contributed by atoms with Crippen molar-refractivity contribution in [3.63, 3.8) is 0 Å². The Hall–Kier alpha value is -2.93. The van der Waals surface area contributed by atoms with Gasteiger partial charge in [0.2, 0.25) is 0 Å². The number of aliphatic hydroxyl groups excluding tert-OH is 1. The Balaban J connectivity index is 1.84. The lowest BCUT2D eigenvalue weighted by atomic mass is 10.0. The number of ether oxygens (including phenoxy) is 1. The normalized spacial score (nSPS) is 11.4. The first kappa shape index (κ1) is 17.9. The number of halogens is 3. The van der Waals surface area contributed by atoms with Gasteiger partial charge < -0.3 is 9.84 Å². The Morgan fingerprint density at radius 2 is 1.65 bits per heavy atom. The highest BCUT2D eigenvalue weighted by Gasteiger charge is 2.30. The third-order valence-electron chi connectivity index (χ3n) is 3.72. The molecule has 4 nitrogen and oxygen atoms in total. The molecule has 134 valence electrons. The Kier molecular flexibility index (Phi) is 4.90. The van der Waals surface area contributed by atoms with E-state index in [1.807, 2.05) is 25.1 Å². The van der Waals surface area contributed by atoms with Gasteiger partial charge in [0.05, 0.1) is 18.0 Å². The molecule has 0 spiro atoms. The Bertz CT molecular complexity index is 892. The number of aliphatic hydroxyl groups is 1. The molecule has 0 unspecified atom stereocenters. The smallest absolute Gasteiger partial charge is 0.406 e. The van der Waals surface area contributed by atoms with Crippen molar-refractivity contribution in [3.8, 4) is 28.1 Å². The minimum absolute atomic E-state index is 0.181.